The van der Waals surface area contributed by atoms with Crippen molar-refractivity contribution >= 4 is 0 Å². The summed E-state index contributed by atoms with van der Waals surface area (Å²) >= 11 is 0. The Morgan fingerprint density at radius 3 is 2.50 bits per heavy atom. The largest absolute Gasteiger partial charge is 0.573 e. The summed E-state index contributed by atoms with van der Waals surface area (Å²) in [6, 6.07) is 5.69. The highest BCUT2D eigenvalue weighted by atomic mass is 19.4. The standard InChI is InChI=1S/C14H14F3N3O2/c1-13(8-21-9-13)12-7-20(19-18-12)6-10-2-4-11(5-3-10)22-14(15,16)17/h2-5,7H,6,8-9H2,1H3. The van der Waals surface area contributed by atoms with Gasteiger partial charge in [0.15, 0.2) is 0 Å². The third kappa shape index (κ3) is 3.22. The van der Waals surface area contributed by atoms with E-state index in [-0.39, 0.29) is 11.2 Å². The third-order valence-electron chi connectivity index (χ3n) is 3.50. The molecule has 0 saturated carbocycles. The lowest BCUT2D eigenvalue weighted by Gasteiger charge is -2.35. The molecule has 0 aliphatic carbocycles. The Morgan fingerprint density at radius 1 is 1.27 bits per heavy atom. The summed E-state index contributed by atoms with van der Waals surface area (Å²) in [7, 11) is 0. The van der Waals surface area contributed by atoms with E-state index < -0.39 is 6.36 Å². The van der Waals surface area contributed by atoms with Crippen molar-refractivity contribution in [1.82, 2.24) is 15.0 Å². The summed E-state index contributed by atoms with van der Waals surface area (Å²) in [4.78, 5) is 0. The molecule has 1 aliphatic heterocycles. The van der Waals surface area contributed by atoms with Crippen molar-refractivity contribution in [2.45, 2.75) is 25.2 Å². The van der Waals surface area contributed by atoms with Gasteiger partial charge in [0.05, 0.1) is 30.9 Å². The maximum atomic E-state index is 12.1. The van der Waals surface area contributed by atoms with E-state index in [4.69, 9.17) is 4.74 Å². The molecule has 0 bridgehead atoms. The number of aromatic nitrogens is 3. The highest BCUT2D eigenvalue weighted by Gasteiger charge is 2.38. The molecular weight excluding hydrogens is 299 g/mol. The minimum Gasteiger partial charge on any atom is -0.406 e. The van der Waals surface area contributed by atoms with Crippen LogP contribution in [0.2, 0.25) is 0 Å². The van der Waals surface area contributed by atoms with Crippen LogP contribution >= 0.6 is 0 Å². The highest BCUT2D eigenvalue weighted by Crippen LogP contribution is 2.29. The summed E-state index contributed by atoms with van der Waals surface area (Å²) in [5, 5.41) is 8.17. The summed E-state index contributed by atoms with van der Waals surface area (Å²) in [5.41, 5.74) is 1.57. The number of alkyl halides is 3. The first-order valence-electron chi connectivity index (χ1n) is 6.67. The van der Waals surface area contributed by atoms with Crippen LogP contribution in [0, 0.1) is 0 Å². The van der Waals surface area contributed by atoms with Gasteiger partial charge in [-0.15, -0.1) is 18.3 Å². The van der Waals surface area contributed by atoms with Crippen LogP contribution in [0.3, 0.4) is 0 Å². The number of hydrogen-bond acceptors (Lipinski definition) is 4. The van der Waals surface area contributed by atoms with Gasteiger partial charge in [0.25, 0.3) is 0 Å². The Labute approximate surface area is 124 Å². The molecule has 5 nitrogen and oxygen atoms in total. The van der Waals surface area contributed by atoms with Gasteiger partial charge in [-0.1, -0.05) is 17.3 Å². The van der Waals surface area contributed by atoms with Gasteiger partial charge in [-0.25, -0.2) is 4.68 Å². The predicted octanol–water partition coefficient (Wildman–Crippen LogP) is 2.51. The summed E-state index contributed by atoms with van der Waals surface area (Å²) in [6.45, 7) is 3.72. The molecule has 0 amide bonds. The molecule has 0 unspecified atom stereocenters. The summed E-state index contributed by atoms with van der Waals surface area (Å²) < 4.78 is 46.9. The van der Waals surface area contributed by atoms with Crippen molar-refractivity contribution in [3.8, 4) is 5.75 Å². The fourth-order valence-electron chi connectivity index (χ4n) is 2.19. The van der Waals surface area contributed by atoms with Crippen LogP contribution in [-0.2, 0) is 16.7 Å². The summed E-state index contributed by atoms with van der Waals surface area (Å²) in [6.07, 6.45) is -2.84. The topological polar surface area (TPSA) is 49.2 Å². The monoisotopic (exact) mass is 313 g/mol. The van der Waals surface area contributed by atoms with Gasteiger partial charge in [-0.05, 0) is 24.6 Å². The van der Waals surface area contributed by atoms with Crippen molar-refractivity contribution in [2.75, 3.05) is 13.2 Å². The van der Waals surface area contributed by atoms with Crippen molar-refractivity contribution in [2.24, 2.45) is 0 Å². The van der Waals surface area contributed by atoms with Gasteiger partial charge in [0.1, 0.15) is 5.75 Å². The molecular formula is C14H14F3N3O2. The fraction of sp³-hybridized carbons (Fsp3) is 0.429. The molecule has 1 aromatic carbocycles. The lowest BCUT2D eigenvalue weighted by molar-refractivity contribution is -0.274. The minimum atomic E-state index is -4.68. The lowest BCUT2D eigenvalue weighted by atomic mass is 9.85. The van der Waals surface area contributed by atoms with E-state index in [1.807, 2.05) is 13.1 Å². The molecule has 0 atom stereocenters. The fourth-order valence-corrected chi connectivity index (χ4v) is 2.19. The molecule has 0 N–H and O–H groups in total. The van der Waals surface area contributed by atoms with Gasteiger partial charge in [0.2, 0.25) is 0 Å². The number of rotatable bonds is 4. The van der Waals surface area contributed by atoms with Gasteiger partial charge < -0.3 is 9.47 Å². The minimum absolute atomic E-state index is 0.0946. The van der Waals surface area contributed by atoms with Gasteiger partial charge in [-0.2, -0.15) is 0 Å². The van der Waals surface area contributed by atoms with Crippen LogP contribution in [0.4, 0.5) is 13.2 Å². The van der Waals surface area contributed by atoms with Crippen LogP contribution in [0.15, 0.2) is 30.5 Å². The van der Waals surface area contributed by atoms with E-state index >= 15 is 0 Å². The van der Waals surface area contributed by atoms with E-state index in [1.54, 1.807) is 16.8 Å². The highest BCUT2D eigenvalue weighted by molar-refractivity contribution is 5.27. The van der Waals surface area contributed by atoms with Crippen LogP contribution in [0.5, 0.6) is 5.75 Å². The second-order valence-corrected chi connectivity index (χ2v) is 5.55. The number of benzene rings is 1. The molecule has 3 rings (SSSR count). The summed E-state index contributed by atoms with van der Waals surface area (Å²) in [5.74, 6) is -0.241. The van der Waals surface area contributed by atoms with Crippen LogP contribution in [0.1, 0.15) is 18.2 Å². The first-order valence-corrected chi connectivity index (χ1v) is 6.67. The second kappa shape index (κ2) is 5.28. The van der Waals surface area contributed by atoms with Crippen molar-refractivity contribution < 1.29 is 22.6 Å². The number of halogens is 3. The first-order chi connectivity index (χ1) is 10.3. The zero-order chi connectivity index (χ0) is 15.8. The molecule has 118 valence electrons. The first kappa shape index (κ1) is 14.8. The second-order valence-electron chi connectivity index (χ2n) is 5.55. The molecule has 1 fully saturated rings. The molecule has 22 heavy (non-hydrogen) atoms. The van der Waals surface area contributed by atoms with Gasteiger partial charge in [0, 0.05) is 6.20 Å². The maximum Gasteiger partial charge on any atom is 0.573 e. The molecule has 0 spiro atoms. The van der Waals surface area contributed by atoms with E-state index in [2.05, 4.69) is 15.0 Å². The van der Waals surface area contributed by atoms with Gasteiger partial charge in [-0.3, -0.25) is 0 Å². The Hall–Kier alpha value is -2.09. The average molecular weight is 313 g/mol. The quantitative estimate of drug-likeness (QED) is 0.870. The molecule has 0 radical (unpaired) electrons. The molecule has 8 heteroatoms. The van der Waals surface area contributed by atoms with Crippen LogP contribution in [0.25, 0.3) is 0 Å². The van der Waals surface area contributed by atoms with Crippen molar-refractivity contribution in [3.05, 3.63) is 41.7 Å². The molecule has 1 saturated heterocycles. The average Bonchev–Trinajstić information content (AvgIpc) is 2.85. The van der Waals surface area contributed by atoms with E-state index in [1.165, 1.54) is 12.1 Å². The normalized spacial score (nSPS) is 17.1. The third-order valence-corrected chi connectivity index (χ3v) is 3.50. The Kier molecular flexibility index (Phi) is 3.56. The molecule has 2 heterocycles. The lowest BCUT2D eigenvalue weighted by Crippen LogP contribution is -2.44. The van der Waals surface area contributed by atoms with E-state index in [0.29, 0.717) is 19.8 Å². The Bertz CT molecular complexity index is 648. The number of ether oxygens (including phenoxy) is 2. The van der Waals surface area contributed by atoms with Crippen molar-refractivity contribution in [1.29, 1.82) is 0 Å². The predicted molar refractivity (Wildman–Crippen MR) is 70.4 cm³/mol. The van der Waals surface area contributed by atoms with Crippen molar-refractivity contribution in [3.63, 3.8) is 0 Å². The molecule has 2 aromatic rings. The number of hydrogen-bond donors (Lipinski definition) is 0. The molecule has 1 aliphatic rings. The van der Waals surface area contributed by atoms with E-state index in [9.17, 15) is 13.2 Å². The maximum absolute atomic E-state index is 12.1. The SMILES string of the molecule is CC1(c2cn(Cc3ccc(OC(F)(F)F)cc3)nn2)COC1. The Morgan fingerprint density at radius 2 is 1.95 bits per heavy atom. The van der Waals surface area contributed by atoms with E-state index in [0.717, 1.165) is 11.3 Å². The smallest absolute Gasteiger partial charge is 0.406 e. The number of nitrogens with zero attached hydrogens (tertiary/aromatic N) is 3. The van der Waals surface area contributed by atoms with Gasteiger partial charge >= 0.3 is 6.36 Å². The van der Waals surface area contributed by atoms with Crippen LogP contribution < -0.4 is 4.74 Å². The zero-order valence-corrected chi connectivity index (χ0v) is 11.8. The Balaban J connectivity index is 1.66. The molecule has 1 aromatic heterocycles. The van der Waals surface area contributed by atoms with Crippen LogP contribution in [-0.4, -0.2) is 34.6 Å². The zero-order valence-electron chi connectivity index (χ0n) is 11.8.